The number of ether oxygens (including phenoxy) is 2. The van der Waals surface area contributed by atoms with E-state index in [4.69, 9.17) is 9.47 Å². The number of nitrogens with one attached hydrogen (secondary N) is 1. The maximum Gasteiger partial charge on any atom is 0.410 e. The third kappa shape index (κ3) is 7.19. The Bertz CT molecular complexity index is 831. The molecule has 1 aliphatic heterocycles. The Balaban J connectivity index is 1.61. The Morgan fingerprint density at radius 1 is 1.12 bits per heavy atom. The lowest BCUT2D eigenvalue weighted by Gasteiger charge is -2.30. The molecule has 1 saturated heterocycles. The van der Waals surface area contributed by atoms with Gasteiger partial charge in [0.2, 0.25) is 0 Å². The van der Waals surface area contributed by atoms with Crippen LogP contribution in [0.5, 0.6) is 0 Å². The molecule has 3 unspecified atom stereocenters. The van der Waals surface area contributed by atoms with Gasteiger partial charge in [0.25, 0.3) is 0 Å². The first-order chi connectivity index (χ1) is 16.2. The molecule has 3 rings (SSSR count). The highest BCUT2D eigenvalue weighted by Gasteiger charge is 2.42. The minimum absolute atomic E-state index is 0.198. The minimum Gasteiger partial charge on any atom is -0.481 e. The summed E-state index contributed by atoms with van der Waals surface area (Å²) in [6, 6.07) is 8.66. The zero-order valence-electron chi connectivity index (χ0n) is 20.5. The van der Waals surface area contributed by atoms with E-state index in [2.05, 4.69) is 5.32 Å². The second-order valence-electron chi connectivity index (χ2n) is 10.3. The molecule has 1 aliphatic carbocycles. The van der Waals surface area contributed by atoms with Gasteiger partial charge in [0.1, 0.15) is 18.2 Å². The standard InChI is InChI=1S/C26H38N2O6/c1-26(2,3)34-25(32)28-16-14-20(23(29)30)21(28)13-15-27-22(19-11-7-8-12-19)24(31)33-17-18-9-5-4-6-10-18/h4-6,9-10,19-22,27H,7-8,11-17H2,1-3H3,(H,29,30). The maximum absolute atomic E-state index is 13.0. The summed E-state index contributed by atoms with van der Waals surface area (Å²) in [5.41, 5.74) is 0.279. The highest BCUT2D eigenvalue weighted by Crippen LogP contribution is 2.30. The zero-order chi connectivity index (χ0) is 24.7. The molecule has 1 aromatic carbocycles. The Morgan fingerprint density at radius 2 is 1.79 bits per heavy atom. The summed E-state index contributed by atoms with van der Waals surface area (Å²) in [5.74, 6) is -1.64. The number of likely N-dealkylation sites (tertiary alicyclic amines) is 1. The van der Waals surface area contributed by atoms with E-state index in [0.29, 0.717) is 25.9 Å². The maximum atomic E-state index is 13.0. The first-order valence-corrected chi connectivity index (χ1v) is 12.3. The SMILES string of the molecule is CC(C)(C)OC(=O)N1CCC(C(=O)O)C1CCNC(C(=O)OCc1ccccc1)C1CCCC1. The monoisotopic (exact) mass is 474 g/mol. The van der Waals surface area contributed by atoms with E-state index in [1.54, 1.807) is 20.8 Å². The zero-order valence-corrected chi connectivity index (χ0v) is 20.5. The molecule has 0 bridgehead atoms. The van der Waals surface area contributed by atoms with E-state index >= 15 is 0 Å². The van der Waals surface area contributed by atoms with Crippen LogP contribution in [0.25, 0.3) is 0 Å². The highest BCUT2D eigenvalue weighted by atomic mass is 16.6. The van der Waals surface area contributed by atoms with E-state index in [1.165, 1.54) is 4.90 Å². The van der Waals surface area contributed by atoms with Crippen molar-refractivity contribution in [2.24, 2.45) is 11.8 Å². The van der Waals surface area contributed by atoms with Gasteiger partial charge in [-0.2, -0.15) is 0 Å². The number of carboxylic acid groups (broad SMARTS) is 1. The van der Waals surface area contributed by atoms with Gasteiger partial charge in [-0.15, -0.1) is 0 Å². The van der Waals surface area contributed by atoms with Crippen LogP contribution in [-0.2, 0) is 25.7 Å². The quantitative estimate of drug-likeness (QED) is 0.522. The Hall–Kier alpha value is -2.61. The second-order valence-corrected chi connectivity index (χ2v) is 10.3. The molecule has 34 heavy (non-hydrogen) atoms. The fraction of sp³-hybridized carbons (Fsp3) is 0.654. The van der Waals surface area contributed by atoms with E-state index in [0.717, 1.165) is 31.2 Å². The smallest absolute Gasteiger partial charge is 0.410 e. The largest absolute Gasteiger partial charge is 0.481 e. The van der Waals surface area contributed by atoms with Crippen molar-refractivity contribution in [3.63, 3.8) is 0 Å². The fourth-order valence-electron chi connectivity index (χ4n) is 4.98. The normalized spacial score (nSPS) is 21.9. The van der Waals surface area contributed by atoms with Gasteiger partial charge < -0.3 is 24.8 Å². The average Bonchev–Trinajstić information content (AvgIpc) is 3.45. The first kappa shape index (κ1) is 26.0. The molecule has 2 aliphatic rings. The van der Waals surface area contributed by atoms with E-state index in [1.807, 2.05) is 30.3 Å². The van der Waals surface area contributed by atoms with Crippen LogP contribution in [0.15, 0.2) is 30.3 Å². The summed E-state index contributed by atoms with van der Waals surface area (Å²) < 4.78 is 11.1. The molecule has 8 nitrogen and oxygen atoms in total. The van der Waals surface area contributed by atoms with Crippen molar-refractivity contribution in [2.75, 3.05) is 13.1 Å². The highest BCUT2D eigenvalue weighted by molar-refractivity contribution is 5.76. The molecule has 3 atom stereocenters. The van der Waals surface area contributed by atoms with Crippen LogP contribution in [0.4, 0.5) is 4.79 Å². The molecule has 188 valence electrons. The molecule has 2 fully saturated rings. The third-order valence-corrected chi connectivity index (χ3v) is 6.64. The van der Waals surface area contributed by atoms with Gasteiger partial charge >= 0.3 is 18.0 Å². The molecular weight excluding hydrogens is 436 g/mol. The number of hydrogen-bond donors (Lipinski definition) is 2. The number of carboxylic acids is 1. The Labute approximate surface area is 202 Å². The molecule has 0 spiro atoms. The molecule has 2 N–H and O–H groups in total. The molecule has 1 heterocycles. The van der Waals surface area contributed by atoms with E-state index in [-0.39, 0.29) is 18.5 Å². The number of nitrogens with zero attached hydrogens (tertiary/aromatic N) is 1. The van der Waals surface area contributed by atoms with Gasteiger partial charge in [-0.05, 0) is 64.5 Å². The fourth-order valence-corrected chi connectivity index (χ4v) is 4.98. The van der Waals surface area contributed by atoms with Crippen LogP contribution >= 0.6 is 0 Å². The predicted octanol–water partition coefficient (Wildman–Crippen LogP) is 3.98. The van der Waals surface area contributed by atoms with E-state index in [9.17, 15) is 19.5 Å². The number of carbonyl (C=O) groups is 3. The number of esters is 1. The lowest BCUT2D eigenvalue weighted by molar-refractivity contribution is -0.149. The molecular formula is C26H38N2O6. The van der Waals surface area contributed by atoms with Crippen molar-refractivity contribution in [2.45, 2.75) is 83.6 Å². The van der Waals surface area contributed by atoms with Crippen molar-refractivity contribution < 1.29 is 29.0 Å². The molecule has 0 radical (unpaired) electrons. The van der Waals surface area contributed by atoms with Gasteiger partial charge in [0.15, 0.2) is 0 Å². The molecule has 1 saturated carbocycles. The summed E-state index contributed by atoms with van der Waals surface area (Å²) in [6.07, 6.45) is 4.43. The summed E-state index contributed by atoms with van der Waals surface area (Å²) in [4.78, 5) is 39.0. The number of rotatable bonds is 9. The Kier molecular flexibility index (Phi) is 8.94. The third-order valence-electron chi connectivity index (χ3n) is 6.64. The lowest BCUT2D eigenvalue weighted by Crippen LogP contribution is -2.47. The minimum atomic E-state index is -0.911. The summed E-state index contributed by atoms with van der Waals surface area (Å²) in [6.45, 7) is 6.36. The summed E-state index contributed by atoms with van der Waals surface area (Å²) in [7, 11) is 0. The van der Waals surface area contributed by atoms with Gasteiger partial charge in [0.05, 0.1) is 5.92 Å². The number of carbonyl (C=O) groups excluding carboxylic acids is 2. The average molecular weight is 475 g/mol. The van der Waals surface area contributed by atoms with Crippen molar-refractivity contribution >= 4 is 18.0 Å². The molecule has 1 aromatic rings. The van der Waals surface area contributed by atoms with E-state index < -0.39 is 35.7 Å². The van der Waals surface area contributed by atoms with Crippen LogP contribution in [0.3, 0.4) is 0 Å². The van der Waals surface area contributed by atoms with Crippen LogP contribution in [0.2, 0.25) is 0 Å². The molecule has 0 aromatic heterocycles. The van der Waals surface area contributed by atoms with Crippen LogP contribution in [-0.4, -0.2) is 58.8 Å². The van der Waals surface area contributed by atoms with Crippen LogP contribution < -0.4 is 5.32 Å². The molecule has 8 heteroatoms. The van der Waals surface area contributed by atoms with Gasteiger partial charge in [-0.1, -0.05) is 43.2 Å². The van der Waals surface area contributed by atoms with Crippen LogP contribution in [0.1, 0.15) is 64.9 Å². The number of benzene rings is 1. The number of hydrogen-bond acceptors (Lipinski definition) is 6. The number of aliphatic carboxylic acids is 1. The first-order valence-electron chi connectivity index (χ1n) is 12.3. The summed E-state index contributed by atoms with van der Waals surface area (Å²) in [5, 5.41) is 13.0. The van der Waals surface area contributed by atoms with Crippen molar-refractivity contribution in [1.29, 1.82) is 0 Å². The predicted molar refractivity (Wildman–Crippen MR) is 127 cm³/mol. The van der Waals surface area contributed by atoms with Gasteiger partial charge in [0, 0.05) is 12.6 Å². The van der Waals surface area contributed by atoms with Crippen molar-refractivity contribution in [3.8, 4) is 0 Å². The summed E-state index contributed by atoms with van der Waals surface area (Å²) >= 11 is 0. The second kappa shape index (κ2) is 11.7. The van der Waals surface area contributed by atoms with Crippen LogP contribution in [0, 0.1) is 11.8 Å². The Morgan fingerprint density at radius 3 is 2.41 bits per heavy atom. The van der Waals surface area contributed by atoms with Gasteiger partial charge in [-0.25, -0.2) is 4.79 Å². The molecule has 1 amide bonds. The topological polar surface area (TPSA) is 105 Å². The van der Waals surface area contributed by atoms with Crippen molar-refractivity contribution in [1.82, 2.24) is 10.2 Å². The number of amides is 1. The van der Waals surface area contributed by atoms with Crippen molar-refractivity contribution in [3.05, 3.63) is 35.9 Å². The van der Waals surface area contributed by atoms with Gasteiger partial charge in [-0.3, -0.25) is 9.59 Å². The lowest BCUT2D eigenvalue weighted by atomic mass is 9.96.